The second-order valence-electron chi connectivity index (χ2n) is 3.90. The lowest BCUT2D eigenvalue weighted by Gasteiger charge is -2.19. The summed E-state index contributed by atoms with van der Waals surface area (Å²) in [5, 5.41) is 0. The minimum Gasteiger partial charge on any atom is -0.463 e. The van der Waals surface area contributed by atoms with Crippen LogP contribution in [0, 0.1) is 0 Å². The smallest absolute Gasteiger partial charge is 0.331 e. The molecule has 0 spiro atoms. The molecule has 0 saturated carbocycles. The van der Waals surface area contributed by atoms with Crippen LogP contribution in [-0.4, -0.2) is 24.6 Å². The number of carbonyl (C=O) groups excluding carboxylic acids is 2. The molecule has 0 N–H and O–H groups in total. The van der Waals surface area contributed by atoms with Crippen molar-refractivity contribution in [2.75, 3.05) is 6.61 Å². The Hall–Kier alpha value is -1.84. The Morgan fingerprint density at radius 2 is 2.17 bits per heavy atom. The Kier molecular flexibility index (Phi) is 5.91. The first-order valence-corrected chi connectivity index (χ1v) is 6.04. The van der Waals surface area contributed by atoms with Crippen LogP contribution in [0.4, 0.5) is 0 Å². The van der Waals surface area contributed by atoms with E-state index in [-0.39, 0.29) is 12.7 Å². The van der Waals surface area contributed by atoms with Crippen LogP contribution in [0.2, 0.25) is 0 Å². The number of hydrogen-bond donors (Lipinski definition) is 0. The van der Waals surface area contributed by atoms with Crippen molar-refractivity contribution in [3.05, 3.63) is 36.5 Å². The highest BCUT2D eigenvalue weighted by Gasteiger charge is 2.15. The van der Waals surface area contributed by atoms with E-state index in [1.54, 1.807) is 13.0 Å². The van der Waals surface area contributed by atoms with Crippen LogP contribution in [0.15, 0.2) is 36.5 Å². The van der Waals surface area contributed by atoms with Crippen molar-refractivity contribution in [2.45, 2.75) is 32.3 Å². The second kappa shape index (κ2) is 7.48. The van der Waals surface area contributed by atoms with Gasteiger partial charge in [0.15, 0.2) is 0 Å². The number of carbonyl (C=O) groups is 2. The van der Waals surface area contributed by atoms with Gasteiger partial charge in [0, 0.05) is 12.2 Å². The molecule has 1 rings (SSSR count). The van der Waals surface area contributed by atoms with Crippen molar-refractivity contribution in [2.24, 2.45) is 0 Å². The van der Waals surface area contributed by atoms with Gasteiger partial charge in [-0.1, -0.05) is 12.7 Å². The molecule has 0 fully saturated rings. The summed E-state index contributed by atoms with van der Waals surface area (Å²) < 4.78 is 9.85. The van der Waals surface area contributed by atoms with Crippen LogP contribution in [-0.2, 0) is 19.1 Å². The molecule has 18 heavy (non-hydrogen) atoms. The van der Waals surface area contributed by atoms with E-state index in [0.29, 0.717) is 0 Å². The average molecular weight is 250 g/mol. The third kappa shape index (κ3) is 4.99. The molecule has 1 aliphatic carbocycles. The quantitative estimate of drug-likeness (QED) is 0.555. The van der Waals surface area contributed by atoms with Crippen LogP contribution < -0.4 is 0 Å². The summed E-state index contributed by atoms with van der Waals surface area (Å²) in [6.45, 7) is 5.68. The zero-order valence-corrected chi connectivity index (χ0v) is 10.6. The van der Waals surface area contributed by atoms with Gasteiger partial charge in [-0.2, -0.15) is 0 Å². The fraction of sp³-hybridized carbons (Fsp3) is 0.429. The van der Waals surface area contributed by atoms with Crippen molar-refractivity contribution in [3.8, 4) is 0 Å². The molecule has 0 unspecified atom stereocenters. The molecule has 0 aromatic carbocycles. The van der Waals surface area contributed by atoms with Crippen molar-refractivity contribution in [1.82, 2.24) is 0 Å². The standard InChI is InChI=1S/C14H18O4/c1-3-11-6-5-7-12(10-11)18-14(16)9-8-13(15)17-4-2/h3,8-10,12H,1,4-7H2,2H3/b9-8-/t12-/m1/s1. The molecular weight excluding hydrogens is 232 g/mol. The van der Waals surface area contributed by atoms with Crippen LogP contribution in [0.25, 0.3) is 0 Å². The van der Waals surface area contributed by atoms with E-state index in [1.165, 1.54) is 0 Å². The van der Waals surface area contributed by atoms with Gasteiger partial charge in [0.25, 0.3) is 0 Å². The Balaban J connectivity index is 2.45. The predicted octanol–water partition coefficient (Wildman–Crippen LogP) is 2.31. The van der Waals surface area contributed by atoms with Crippen LogP contribution in [0.3, 0.4) is 0 Å². The lowest BCUT2D eigenvalue weighted by atomic mass is 9.97. The number of esters is 2. The molecule has 0 aromatic rings. The predicted molar refractivity (Wildman–Crippen MR) is 67.8 cm³/mol. The highest BCUT2D eigenvalue weighted by molar-refractivity contribution is 5.91. The third-order valence-corrected chi connectivity index (χ3v) is 2.53. The summed E-state index contributed by atoms with van der Waals surface area (Å²) in [5.41, 5.74) is 1.09. The molecule has 0 aliphatic heterocycles. The summed E-state index contributed by atoms with van der Waals surface area (Å²) in [5.74, 6) is -1.07. The molecule has 4 nitrogen and oxygen atoms in total. The first kappa shape index (κ1) is 14.2. The Morgan fingerprint density at radius 3 is 2.83 bits per heavy atom. The zero-order chi connectivity index (χ0) is 13.4. The molecule has 0 bridgehead atoms. The Morgan fingerprint density at radius 1 is 1.44 bits per heavy atom. The number of hydrogen-bond acceptors (Lipinski definition) is 4. The van der Waals surface area contributed by atoms with Gasteiger partial charge in [-0.15, -0.1) is 0 Å². The molecule has 98 valence electrons. The largest absolute Gasteiger partial charge is 0.463 e. The number of ether oxygens (including phenoxy) is 2. The highest BCUT2D eigenvalue weighted by atomic mass is 16.5. The van der Waals surface area contributed by atoms with Gasteiger partial charge in [-0.25, -0.2) is 9.59 Å². The second-order valence-corrected chi connectivity index (χ2v) is 3.90. The third-order valence-electron chi connectivity index (χ3n) is 2.53. The number of rotatable bonds is 5. The molecule has 1 atom stereocenters. The lowest BCUT2D eigenvalue weighted by molar-refractivity contribution is -0.142. The van der Waals surface area contributed by atoms with E-state index < -0.39 is 11.9 Å². The van der Waals surface area contributed by atoms with Gasteiger partial charge >= 0.3 is 11.9 Å². The maximum Gasteiger partial charge on any atom is 0.331 e. The first-order valence-electron chi connectivity index (χ1n) is 6.04. The molecule has 0 heterocycles. The Bertz CT molecular complexity index is 379. The molecule has 0 saturated heterocycles. The van der Waals surface area contributed by atoms with E-state index in [0.717, 1.165) is 37.0 Å². The fourth-order valence-corrected chi connectivity index (χ4v) is 1.69. The SMILES string of the molecule is C=CC1=C[C@H](OC(=O)/C=C\C(=O)OCC)CCC1. The maximum atomic E-state index is 11.4. The van der Waals surface area contributed by atoms with Crippen molar-refractivity contribution in [3.63, 3.8) is 0 Å². The van der Waals surface area contributed by atoms with Gasteiger partial charge in [-0.3, -0.25) is 0 Å². The minimum absolute atomic E-state index is 0.230. The van der Waals surface area contributed by atoms with Gasteiger partial charge in [0.05, 0.1) is 6.61 Å². The number of allylic oxidation sites excluding steroid dienone is 2. The van der Waals surface area contributed by atoms with Gasteiger partial charge in [0.1, 0.15) is 6.10 Å². The zero-order valence-electron chi connectivity index (χ0n) is 10.6. The van der Waals surface area contributed by atoms with E-state index >= 15 is 0 Å². The van der Waals surface area contributed by atoms with Crippen molar-refractivity contribution < 1.29 is 19.1 Å². The minimum atomic E-state index is -0.541. The summed E-state index contributed by atoms with van der Waals surface area (Å²) in [4.78, 5) is 22.4. The molecule has 0 radical (unpaired) electrons. The highest BCUT2D eigenvalue weighted by Crippen LogP contribution is 2.20. The molecular formula is C14H18O4. The first-order chi connectivity index (χ1) is 8.65. The topological polar surface area (TPSA) is 52.6 Å². The molecule has 4 heteroatoms. The lowest BCUT2D eigenvalue weighted by Crippen LogP contribution is -2.18. The van der Waals surface area contributed by atoms with Crippen molar-refractivity contribution in [1.29, 1.82) is 0 Å². The summed E-state index contributed by atoms with van der Waals surface area (Å²) in [6.07, 6.45) is 8.34. The van der Waals surface area contributed by atoms with Crippen molar-refractivity contribution >= 4 is 11.9 Å². The van der Waals surface area contributed by atoms with Gasteiger partial charge < -0.3 is 9.47 Å². The van der Waals surface area contributed by atoms with Gasteiger partial charge in [0.2, 0.25) is 0 Å². The van der Waals surface area contributed by atoms with Gasteiger partial charge in [-0.05, 0) is 37.8 Å². The monoisotopic (exact) mass is 250 g/mol. The van der Waals surface area contributed by atoms with Crippen LogP contribution >= 0.6 is 0 Å². The summed E-state index contributed by atoms with van der Waals surface area (Å²) in [6, 6.07) is 0. The maximum absolute atomic E-state index is 11.4. The summed E-state index contributed by atoms with van der Waals surface area (Å²) in [7, 11) is 0. The molecule has 0 aromatic heterocycles. The van der Waals surface area contributed by atoms with Crippen LogP contribution in [0.5, 0.6) is 0 Å². The summed E-state index contributed by atoms with van der Waals surface area (Å²) >= 11 is 0. The van der Waals surface area contributed by atoms with E-state index in [2.05, 4.69) is 11.3 Å². The van der Waals surface area contributed by atoms with Crippen LogP contribution in [0.1, 0.15) is 26.2 Å². The van der Waals surface area contributed by atoms with E-state index in [4.69, 9.17) is 4.74 Å². The van der Waals surface area contributed by atoms with E-state index in [1.807, 2.05) is 6.08 Å². The average Bonchev–Trinajstić information content (AvgIpc) is 2.37. The fourth-order valence-electron chi connectivity index (χ4n) is 1.69. The Labute approximate surface area is 107 Å². The molecule has 0 amide bonds. The molecule has 1 aliphatic rings. The van der Waals surface area contributed by atoms with E-state index in [9.17, 15) is 9.59 Å². The normalized spacial score (nSPS) is 19.2.